The topological polar surface area (TPSA) is 26.9 Å². The van der Waals surface area contributed by atoms with E-state index in [1.165, 1.54) is 44.1 Å². The van der Waals surface area contributed by atoms with Crippen LogP contribution in [0.15, 0.2) is 199 Å². The van der Waals surface area contributed by atoms with Gasteiger partial charge in [-0.05, 0) is 106 Å². The van der Waals surface area contributed by atoms with Crippen LogP contribution in [0.4, 0.5) is 0 Å². The fourth-order valence-electron chi connectivity index (χ4n) is 7.80. The zero-order valence-corrected chi connectivity index (χ0v) is 28.3. The van der Waals surface area contributed by atoms with Gasteiger partial charge in [-0.2, -0.15) is 0 Å². The van der Waals surface area contributed by atoms with E-state index in [1.807, 2.05) is 48.5 Å². The van der Waals surface area contributed by atoms with E-state index in [0.717, 1.165) is 44.3 Å². The van der Waals surface area contributed by atoms with Crippen LogP contribution < -0.4 is 5.43 Å². The second kappa shape index (κ2) is 12.1. The van der Waals surface area contributed by atoms with Crippen molar-refractivity contribution in [2.75, 3.05) is 0 Å². The predicted molar refractivity (Wildman–Crippen MR) is 218 cm³/mol. The molecule has 244 valence electrons. The Morgan fingerprint density at radius 1 is 0.269 bits per heavy atom. The number of aromatic nitrogens is 2. The lowest BCUT2D eigenvalue weighted by Crippen LogP contribution is -2.10. The number of fused-ring (bicyclic) bond motifs is 5. The third-order valence-electron chi connectivity index (χ3n) is 10.3. The molecule has 0 unspecified atom stereocenters. The number of pyridine rings is 1. The Kier molecular flexibility index (Phi) is 6.97. The van der Waals surface area contributed by atoms with Crippen LogP contribution in [0.2, 0.25) is 0 Å². The van der Waals surface area contributed by atoms with Gasteiger partial charge >= 0.3 is 0 Å². The average molecular weight is 665 g/mol. The van der Waals surface area contributed by atoms with E-state index in [9.17, 15) is 4.79 Å². The maximum absolute atomic E-state index is 13.3. The Hall–Kier alpha value is -6.97. The zero-order valence-electron chi connectivity index (χ0n) is 28.3. The molecule has 0 aliphatic rings. The van der Waals surface area contributed by atoms with E-state index in [4.69, 9.17) is 0 Å². The van der Waals surface area contributed by atoms with E-state index >= 15 is 0 Å². The maximum Gasteiger partial charge on any atom is 0.197 e. The molecule has 3 nitrogen and oxygen atoms in total. The molecular formula is C49H32N2O. The molecule has 0 saturated carbocycles. The summed E-state index contributed by atoms with van der Waals surface area (Å²) in [5, 5.41) is 3.91. The van der Waals surface area contributed by atoms with Gasteiger partial charge in [0.2, 0.25) is 0 Å². The molecule has 10 aromatic rings. The molecule has 2 heterocycles. The van der Waals surface area contributed by atoms with Crippen LogP contribution in [0.3, 0.4) is 0 Å². The fraction of sp³-hybridized carbons (Fsp3) is 0. The molecule has 2 aromatic heterocycles. The van der Waals surface area contributed by atoms with Gasteiger partial charge in [-0.3, -0.25) is 4.79 Å². The van der Waals surface area contributed by atoms with Crippen molar-refractivity contribution in [3.05, 3.63) is 204 Å². The molecule has 3 heteroatoms. The molecule has 0 bridgehead atoms. The van der Waals surface area contributed by atoms with E-state index in [0.29, 0.717) is 0 Å². The Morgan fingerprint density at radius 3 is 1.02 bits per heavy atom. The minimum Gasteiger partial charge on any atom is -0.309 e. The molecule has 0 saturated heterocycles. The molecule has 10 rings (SSSR count). The van der Waals surface area contributed by atoms with Crippen LogP contribution >= 0.6 is 0 Å². The normalized spacial score (nSPS) is 11.5. The van der Waals surface area contributed by atoms with Crippen LogP contribution in [0.25, 0.3) is 88.4 Å². The first kappa shape index (κ1) is 29.9. The quantitative estimate of drug-likeness (QED) is 0.168. The van der Waals surface area contributed by atoms with Gasteiger partial charge in [0.15, 0.2) is 5.43 Å². The van der Waals surface area contributed by atoms with Crippen molar-refractivity contribution < 1.29 is 0 Å². The Balaban J connectivity index is 1.06. The van der Waals surface area contributed by atoms with Crippen molar-refractivity contribution in [1.29, 1.82) is 0 Å². The van der Waals surface area contributed by atoms with Gasteiger partial charge in [-0.25, -0.2) is 0 Å². The van der Waals surface area contributed by atoms with Crippen LogP contribution in [0, 0.1) is 0 Å². The Bertz CT molecular complexity index is 2840. The minimum absolute atomic E-state index is 0.0654. The highest BCUT2D eigenvalue weighted by atomic mass is 16.1. The van der Waals surface area contributed by atoms with E-state index in [1.54, 1.807) is 0 Å². The molecule has 52 heavy (non-hydrogen) atoms. The maximum atomic E-state index is 13.3. The van der Waals surface area contributed by atoms with Crippen molar-refractivity contribution >= 4 is 43.6 Å². The highest BCUT2D eigenvalue weighted by Gasteiger charge is 2.16. The van der Waals surface area contributed by atoms with E-state index < -0.39 is 0 Å². The molecule has 0 aliphatic heterocycles. The molecule has 0 aliphatic carbocycles. The van der Waals surface area contributed by atoms with Gasteiger partial charge in [0, 0.05) is 32.9 Å². The summed E-state index contributed by atoms with van der Waals surface area (Å²) in [6.07, 6.45) is 0. The van der Waals surface area contributed by atoms with Gasteiger partial charge in [0.05, 0.1) is 22.1 Å². The van der Waals surface area contributed by atoms with Gasteiger partial charge in [0.25, 0.3) is 0 Å². The first-order chi connectivity index (χ1) is 25.7. The number of rotatable bonds is 5. The summed E-state index contributed by atoms with van der Waals surface area (Å²) in [4.78, 5) is 13.3. The second-order valence-corrected chi connectivity index (χ2v) is 13.3. The van der Waals surface area contributed by atoms with Crippen molar-refractivity contribution in [3.63, 3.8) is 0 Å². The SMILES string of the molecule is O=c1c2ccccc2n(-c2ccc(-c3ccc(-n4c5ccc(-c6ccccc6)cc5c5cc(-c6ccccc6)ccc54)cc3)cc2)c2ccccc12. The Labute approximate surface area is 300 Å². The highest BCUT2D eigenvalue weighted by molar-refractivity contribution is 6.11. The highest BCUT2D eigenvalue weighted by Crippen LogP contribution is 2.38. The molecule has 0 amide bonds. The zero-order chi connectivity index (χ0) is 34.6. The van der Waals surface area contributed by atoms with Gasteiger partial charge < -0.3 is 9.13 Å². The summed E-state index contributed by atoms with van der Waals surface area (Å²) in [5.41, 5.74) is 13.5. The number of nitrogens with zero attached hydrogens (tertiary/aromatic N) is 2. The van der Waals surface area contributed by atoms with Gasteiger partial charge in [-0.1, -0.05) is 121 Å². The van der Waals surface area contributed by atoms with Gasteiger partial charge in [0.1, 0.15) is 0 Å². The van der Waals surface area contributed by atoms with E-state index in [-0.39, 0.29) is 5.43 Å². The van der Waals surface area contributed by atoms with Crippen molar-refractivity contribution in [3.8, 4) is 44.8 Å². The van der Waals surface area contributed by atoms with Crippen LogP contribution in [-0.2, 0) is 0 Å². The first-order valence-corrected chi connectivity index (χ1v) is 17.6. The lowest BCUT2D eigenvalue weighted by atomic mass is 10.0. The lowest BCUT2D eigenvalue weighted by molar-refractivity contribution is 1.16. The summed E-state index contributed by atoms with van der Waals surface area (Å²) in [6, 6.07) is 68.1. The van der Waals surface area contributed by atoms with Crippen molar-refractivity contribution in [1.82, 2.24) is 9.13 Å². The molecule has 0 fully saturated rings. The smallest absolute Gasteiger partial charge is 0.197 e. The third kappa shape index (κ3) is 4.86. The largest absolute Gasteiger partial charge is 0.309 e. The predicted octanol–water partition coefficient (Wildman–Crippen LogP) is 12.2. The number of benzene rings is 8. The summed E-state index contributed by atoms with van der Waals surface area (Å²) in [5.74, 6) is 0. The standard InChI is InChI=1S/C49H32N2O/c52-49-41-15-7-9-17-45(41)50(46-18-10-8-16-42(46)49)39-25-19-35(20-26-39)36-21-27-40(28-22-36)51-47-29-23-37(33-11-3-1-4-12-33)31-43(47)44-32-38(24-30-48(44)51)34-13-5-2-6-14-34/h1-32H. The summed E-state index contributed by atoms with van der Waals surface area (Å²) < 4.78 is 4.57. The average Bonchev–Trinajstić information content (AvgIpc) is 3.55. The molecule has 8 aromatic carbocycles. The first-order valence-electron chi connectivity index (χ1n) is 17.6. The fourth-order valence-corrected chi connectivity index (χ4v) is 7.80. The van der Waals surface area contributed by atoms with Crippen LogP contribution in [0.5, 0.6) is 0 Å². The van der Waals surface area contributed by atoms with Crippen molar-refractivity contribution in [2.24, 2.45) is 0 Å². The number of hydrogen-bond acceptors (Lipinski definition) is 1. The number of hydrogen-bond donors (Lipinski definition) is 0. The van der Waals surface area contributed by atoms with Crippen LogP contribution in [-0.4, -0.2) is 9.13 Å². The van der Waals surface area contributed by atoms with Crippen LogP contribution in [0.1, 0.15) is 0 Å². The third-order valence-corrected chi connectivity index (χ3v) is 10.3. The lowest BCUT2D eigenvalue weighted by Gasteiger charge is -2.16. The molecule has 0 spiro atoms. The summed E-state index contributed by atoms with van der Waals surface area (Å²) in [6.45, 7) is 0. The van der Waals surface area contributed by atoms with Gasteiger partial charge in [-0.15, -0.1) is 0 Å². The van der Waals surface area contributed by atoms with Crippen molar-refractivity contribution in [2.45, 2.75) is 0 Å². The summed E-state index contributed by atoms with van der Waals surface area (Å²) in [7, 11) is 0. The van der Waals surface area contributed by atoms with E-state index in [2.05, 4.69) is 155 Å². The minimum atomic E-state index is 0.0654. The molecular weight excluding hydrogens is 633 g/mol. The second-order valence-electron chi connectivity index (χ2n) is 13.3. The summed E-state index contributed by atoms with van der Waals surface area (Å²) >= 11 is 0. The molecule has 0 atom stereocenters. The monoisotopic (exact) mass is 664 g/mol. The molecule has 0 N–H and O–H groups in total. The Morgan fingerprint density at radius 2 is 0.596 bits per heavy atom. The molecule has 0 radical (unpaired) electrons. The number of para-hydroxylation sites is 2.